The van der Waals surface area contributed by atoms with E-state index < -0.39 is 0 Å². The van der Waals surface area contributed by atoms with Gasteiger partial charge in [0, 0.05) is 53.0 Å². The third kappa shape index (κ3) is 5.73. The van der Waals surface area contributed by atoms with Crippen molar-refractivity contribution in [1.82, 2.24) is 24.9 Å². The van der Waals surface area contributed by atoms with Gasteiger partial charge in [0.1, 0.15) is 11.9 Å². The number of ether oxygens (including phenoxy) is 2. The van der Waals surface area contributed by atoms with Crippen LogP contribution in [0.25, 0.3) is 0 Å². The van der Waals surface area contributed by atoms with Crippen molar-refractivity contribution >= 4 is 11.9 Å². The molecule has 0 radical (unpaired) electrons. The van der Waals surface area contributed by atoms with E-state index in [0.29, 0.717) is 25.4 Å². The van der Waals surface area contributed by atoms with Crippen LogP contribution in [0.15, 0.2) is 41.7 Å². The fourth-order valence-corrected chi connectivity index (χ4v) is 3.18. The molecule has 0 aliphatic carbocycles. The van der Waals surface area contributed by atoms with Crippen LogP contribution in [0.4, 0.5) is 0 Å². The van der Waals surface area contributed by atoms with E-state index in [4.69, 9.17) is 9.47 Å². The number of hydrogen-bond donors (Lipinski definition) is 1. The molecule has 0 bridgehead atoms. The molecule has 2 heterocycles. The Morgan fingerprint density at radius 2 is 2.27 bits per heavy atom. The minimum absolute atomic E-state index is 0.0229. The molecule has 9 heteroatoms. The lowest BCUT2D eigenvalue weighted by Gasteiger charge is -2.34. The number of aryl methyl sites for hydroxylation is 1. The highest BCUT2D eigenvalue weighted by molar-refractivity contribution is 5.80. The second-order valence-electron chi connectivity index (χ2n) is 7.38. The average molecular weight is 415 g/mol. The standard InChI is InChI=1S/C21H30N6O3/c1-22-21(27-8-9-29-19(14-27)17-12-24-26(4)13-17)23-11-16-6-5-7-18(10-16)30-15-20(28)25(2)3/h5-7,10,12-13,19H,8-9,11,14-15H2,1-4H3,(H,22,23). The Morgan fingerprint density at radius 1 is 1.43 bits per heavy atom. The van der Waals surface area contributed by atoms with Crippen molar-refractivity contribution in [3.05, 3.63) is 47.8 Å². The number of likely N-dealkylation sites (N-methyl/N-ethyl adjacent to an activating group) is 1. The monoisotopic (exact) mass is 414 g/mol. The molecule has 1 atom stereocenters. The third-order valence-electron chi connectivity index (χ3n) is 4.88. The van der Waals surface area contributed by atoms with Crippen LogP contribution >= 0.6 is 0 Å². The SMILES string of the molecule is CN=C(NCc1cccc(OCC(=O)N(C)C)c1)N1CCOC(c2cnn(C)c2)C1. The van der Waals surface area contributed by atoms with Gasteiger partial charge in [0.25, 0.3) is 5.91 Å². The highest BCUT2D eigenvalue weighted by Crippen LogP contribution is 2.21. The normalized spacial score (nSPS) is 17.0. The summed E-state index contributed by atoms with van der Waals surface area (Å²) in [4.78, 5) is 19.8. The molecule has 3 rings (SSSR count). The Morgan fingerprint density at radius 3 is 2.97 bits per heavy atom. The van der Waals surface area contributed by atoms with E-state index in [2.05, 4.69) is 20.3 Å². The molecule has 1 unspecified atom stereocenters. The summed E-state index contributed by atoms with van der Waals surface area (Å²) < 4.78 is 13.3. The van der Waals surface area contributed by atoms with Crippen molar-refractivity contribution in [3.8, 4) is 5.75 Å². The van der Waals surface area contributed by atoms with Crippen molar-refractivity contribution in [2.45, 2.75) is 12.6 Å². The van der Waals surface area contributed by atoms with E-state index in [0.717, 1.165) is 23.6 Å². The number of nitrogens with zero attached hydrogens (tertiary/aromatic N) is 5. The zero-order chi connectivity index (χ0) is 21.5. The van der Waals surface area contributed by atoms with Crippen LogP contribution in [0.5, 0.6) is 5.75 Å². The summed E-state index contributed by atoms with van der Waals surface area (Å²) >= 11 is 0. The van der Waals surface area contributed by atoms with Crippen molar-refractivity contribution < 1.29 is 14.3 Å². The molecule has 1 aromatic carbocycles. The van der Waals surface area contributed by atoms with Crippen LogP contribution in [-0.4, -0.2) is 78.9 Å². The van der Waals surface area contributed by atoms with E-state index >= 15 is 0 Å². The number of guanidine groups is 1. The van der Waals surface area contributed by atoms with Gasteiger partial charge in [-0.3, -0.25) is 14.5 Å². The zero-order valence-corrected chi connectivity index (χ0v) is 18.0. The first kappa shape index (κ1) is 21.6. The Labute approximate surface area is 177 Å². The fourth-order valence-electron chi connectivity index (χ4n) is 3.18. The fraction of sp³-hybridized carbons (Fsp3) is 0.476. The lowest BCUT2D eigenvalue weighted by Crippen LogP contribution is -2.47. The predicted molar refractivity (Wildman–Crippen MR) is 114 cm³/mol. The van der Waals surface area contributed by atoms with Crippen LogP contribution in [-0.2, 0) is 23.1 Å². The van der Waals surface area contributed by atoms with Gasteiger partial charge in [0.15, 0.2) is 12.6 Å². The zero-order valence-electron chi connectivity index (χ0n) is 18.0. The topological polar surface area (TPSA) is 84.2 Å². The minimum atomic E-state index is -0.0746. The number of aliphatic imine (C=N–C) groups is 1. The predicted octanol–water partition coefficient (Wildman–Crippen LogP) is 1.04. The molecular formula is C21H30N6O3. The molecule has 0 saturated carbocycles. The second-order valence-corrected chi connectivity index (χ2v) is 7.38. The van der Waals surface area contributed by atoms with Crippen LogP contribution in [0.2, 0.25) is 0 Å². The number of morpholine rings is 1. The van der Waals surface area contributed by atoms with Gasteiger partial charge in [0.2, 0.25) is 0 Å². The molecule has 1 N–H and O–H groups in total. The van der Waals surface area contributed by atoms with E-state index in [1.807, 2.05) is 43.7 Å². The van der Waals surface area contributed by atoms with E-state index in [9.17, 15) is 4.79 Å². The van der Waals surface area contributed by atoms with Gasteiger partial charge < -0.3 is 24.6 Å². The van der Waals surface area contributed by atoms with Gasteiger partial charge >= 0.3 is 0 Å². The van der Waals surface area contributed by atoms with Gasteiger partial charge in [-0.2, -0.15) is 5.10 Å². The van der Waals surface area contributed by atoms with Crippen LogP contribution < -0.4 is 10.1 Å². The number of carbonyl (C=O) groups excluding carboxylic acids is 1. The Bertz CT molecular complexity index is 879. The average Bonchev–Trinajstić information content (AvgIpc) is 3.19. The number of hydrogen-bond acceptors (Lipinski definition) is 5. The van der Waals surface area contributed by atoms with Gasteiger partial charge in [-0.15, -0.1) is 0 Å². The van der Waals surface area contributed by atoms with Crippen molar-refractivity contribution in [2.24, 2.45) is 12.0 Å². The lowest BCUT2D eigenvalue weighted by molar-refractivity contribution is -0.130. The van der Waals surface area contributed by atoms with Crippen LogP contribution in [0.1, 0.15) is 17.2 Å². The summed E-state index contributed by atoms with van der Waals surface area (Å²) in [5, 5.41) is 7.65. The number of amides is 1. The summed E-state index contributed by atoms with van der Waals surface area (Å²) in [5.74, 6) is 1.42. The Balaban J connectivity index is 1.56. The largest absolute Gasteiger partial charge is 0.484 e. The first-order valence-electron chi connectivity index (χ1n) is 9.94. The van der Waals surface area contributed by atoms with Gasteiger partial charge in [-0.25, -0.2) is 0 Å². The molecule has 2 aromatic rings. The molecule has 1 aliphatic rings. The molecule has 1 fully saturated rings. The molecule has 9 nitrogen and oxygen atoms in total. The maximum absolute atomic E-state index is 11.7. The first-order chi connectivity index (χ1) is 14.5. The number of aromatic nitrogens is 2. The molecule has 162 valence electrons. The van der Waals surface area contributed by atoms with E-state index in [1.165, 1.54) is 4.90 Å². The molecular weight excluding hydrogens is 384 g/mol. The molecule has 1 aliphatic heterocycles. The Hall–Kier alpha value is -3.07. The number of benzene rings is 1. The summed E-state index contributed by atoms with van der Waals surface area (Å²) in [5.41, 5.74) is 2.11. The van der Waals surface area contributed by atoms with Crippen molar-refractivity contribution in [3.63, 3.8) is 0 Å². The lowest BCUT2D eigenvalue weighted by atomic mass is 10.1. The molecule has 1 amide bonds. The number of carbonyl (C=O) groups is 1. The molecule has 0 spiro atoms. The highest BCUT2D eigenvalue weighted by Gasteiger charge is 2.25. The highest BCUT2D eigenvalue weighted by atomic mass is 16.5. The van der Waals surface area contributed by atoms with Crippen molar-refractivity contribution in [1.29, 1.82) is 0 Å². The molecule has 1 aromatic heterocycles. The Kier molecular flexibility index (Phi) is 7.29. The van der Waals surface area contributed by atoms with Gasteiger partial charge in [-0.1, -0.05) is 12.1 Å². The van der Waals surface area contributed by atoms with E-state index in [-0.39, 0.29) is 18.6 Å². The quantitative estimate of drug-likeness (QED) is 0.562. The maximum atomic E-state index is 11.7. The first-order valence-corrected chi connectivity index (χ1v) is 9.94. The summed E-state index contributed by atoms with van der Waals surface area (Å²) in [7, 11) is 7.10. The van der Waals surface area contributed by atoms with Crippen LogP contribution in [0.3, 0.4) is 0 Å². The maximum Gasteiger partial charge on any atom is 0.259 e. The number of rotatable bonds is 6. The third-order valence-corrected chi connectivity index (χ3v) is 4.88. The number of nitrogens with one attached hydrogen (secondary N) is 1. The molecule has 30 heavy (non-hydrogen) atoms. The summed E-state index contributed by atoms with van der Waals surface area (Å²) in [6.45, 7) is 2.73. The summed E-state index contributed by atoms with van der Waals surface area (Å²) in [6.07, 6.45) is 3.80. The molecule has 1 saturated heterocycles. The van der Waals surface area contributed by atoms with E-state index in [1.54, 1.807) is 25.8 Å². The van der Waals surface area contributed by atoms with Crippen molar-refractivity contribution in [2.75, 3.05) is 47.4 Å². The minimum Gasteiger partial charge on any atom is -0.484 e. The van der Waals surface area contributed by atoms with Crippen LogP contribution in [0, 0.1) is 0 Å². The second kappa shape index (κ2) is 10.1. The van der Waals surface area contributed by atoms with Gasteiger partial charge in [0.05, 0.1) is 19.3 Å². The van der Waals surface area contributed by atoms with Gasteiger partial charge in [-0.05, 0) is 17.7 Å². The summed E-state index contributed by atoms with van der Waals surface area (Å²) in [6, 6.07) is 7.71. The smallest absolute Gasteiger partial charge is 0.259 e.